The van der Waals surface area contributed by atoms with Crippen molar-refractivity contribution in [2.45, 2.75) is 57.2 Å². The third-order valence-electron chi connectivity index (χ3n) is 9.38. The van der Waals surface area contributed by atoms with E-state index < -0.39 is 0 Å². The quantitative estimate of drug-likeness (QED) is 0.257. The van der Waals surface area contributed by atoms with Gasteiger partial charge in [-0.2, -0.15) is 0 Å². The number of hydrogen-bond acceptors (Lipinski definition) is 6. The molecule has 0 unspecified atom stereocenters. The second-order valence-corrected chi connectivity index (χ2v) is 11.9. The summed E-state index contributed by atoms with van der Waals surface area (Å²) in [4.78, 5) is 21.9. The number of aryl methyl sites for hydroxylation is 1. The van der Waals surface area contributed by atoms with E-state index in [1.54, 1.807) is 0 Å². The van der Waals surface area contributed by atoms with Crippen molar-refractivity contribution in [3.05, 3.63) is 123 Å². The van der Waals surface area contributed by atoms with Gasteiger partial charge in [-0.05, 0) is 70.0 Å². The van der Waals surface area contributed by atoms with E-state index in [0.29, 0.717) is 5.56 Å². The maximum absolute atomic E-state index is 13.8. The average molecular weight is 574 g/mol. The molecule has 0 amide bonds. The van der Waals surface area contributed by atoms with Gasteiger partial charge in [0.25, 0.3) is 5.56 Å². The highest BCUT2D eigenvalue weighted by atomic mass is 16.1. The van der Waals surface area contributed by atoms with Crippen LogP contribution in [0, 0.1) is 0 Å². The molecule has 3 heterocycles. The summed E-state index contributed by atoms with van der Waals surface area (Å²) in [5.74, 6) is 0.777. The van der Waals surface area contributed by atoms with Gasteiger partial charge >= 0.3 is 0 Å². The van der Waals surface area contributed by atoms with Crippen LogP contribution in [0.3, 0.4) is 0 Å². The summed E-state index contributed by atoms with van der Waals surface area (Å²) >= 11 is 0. The zero-order chi connectivity index (χ0) is 29.2. The minimum Gasteiger partial charge on any atom is -0.322 e. The van der Waals surface area contributed by atoms with Crippen molar-refractivity contribution in [3.8, 4) is 0 Å². The van der Waals surface area contributed by atoms with Crippen molar-refractivity contribution in [3.63, 3.8) is 0 Å². The first-order valence-electron chi connectivity index (χ1n) is 15.7. The Bertz CT molecular complexity index is 1680. The largest absolute Gasteiger partial charge is 0.322 e. The summed E-state index contributed by atoms with van der Waals surface area (Å²) in [5.41, 5.74) is 5.34. The lowest BCUT2D eigenvalue weighted by molar-refractivity contribution is 0.0850. The summed E-state index contributed by atoms with van der Waals surface area (Å²) in [6, 6.07) is 30.0. The monoisotopic (exact) mass is 573 g/mol. The Labute approximate surface area is 252 Å². The molecule has 1 N–H and O–H groups in total. The standard InChI is InChI=1S/C35H39N7O/c1-2-25-17-18-31-28(23-25)24-30(35(43)36-31)33(34-37-38-39-42(34)29-15-9-10-16-29)41-21-19-40(20-22-41)32(26-11-5-3-6-12-26)27-13-7-4-8-14-27/h3-8,11-14,17-18,23-24,29,32-33H,2,9-10,15-16,19-22H2,1H3,(H,36,43)/t33-/m1/s1. The first-order chi connectivity index (χ1) is 21.2. The maximum Gasteiger partial charge on any atom is 0.253 e. The molecule has 0 bridgehead atoms. The fourth-order valence-corrected chi connectivity index (χ4v) is 7.12. The number of tetrazole rings is 1. The number of pyridine rings is 1. The number of nitrogens with one attached hydrogen (secondary N) is 1. The van der Waals surface area contributed by atoms with Gasteiger partial charge in [0.15, 0.2) is 5.82 Å². The van der Waals surface area contributed by atoms with Gasteiger partial charge in [0.2, 0.25) is 0 Å². The average Bonchev–Trinajstić information content (AvgIpc) is 3.76. The molecule has 1 saturated carbocycles. The number of rotatable bonds is 8. The molecule has 3 aromatic carbocycles. The second-order valence-electron chi connectivity index (χ2n) is 11.9. The van der Waals surface area contributed by atoms with Crippen LogP contribution in [0.25, 0.3) is 10.9 Å². The van der Waals surface area contributed by atoms with Crippen LogP contribution in [-0.4, -0.2) is 61.2 Å². The molecule has 1 atom stereocenters. The summed E-state index contributed by atoms with van der Waals surface area (Å²) in [6.45, 7) is 5.47. The first kappa shape index (κ1) is 27.7. The van der Waals surface area contributed by atoms with Crippen LogP contribution in [0.15, 0.2) is 89.7 Å². The van der Waals surface area contributed by atoms with Crippen LogP contribution in [0.1, 0.15) is 78.8 Å². The number of fused-ring (bicyclic) bond motifs is 1. The Hall–Kier alpha value is -4.14. The van der Waals surface area contributed by atoms with Crippen LogP contribution >= 0.6 is 0 Å². The van der Waals surface area contributed by atoms with Crippen molar-refractivity contribution in [2.75, 3.05) is 26.2 Å². The molecule has 2 aliphatic rings. The molecule has 2 fully saturated rings. The molecule has 8 nitrogen and oxygen atoms in total. The van der Waals surface area contributed by atoms with Crippen LogP contribution < -0.4 is 5.56 Å². The topological polar surface area (TPSA) is 82.9 Å². The number of aromatic amines is 1. The van der Waals surface area contributed by atoms with Crippen molar-refractivity contribution in [2.24, 2.45) is 0 Å². The van der Waals surface area contributed by atoms with E-state index in [9.17, 15) is 4.79 Å². The fourth-order valence-electron chi connectivity index (χ4n) is 7.12. The second kappa shape index (κ2) is 12.2. The highest BCUT2D eigenvalue weighted by Gasteiger charge is 2.36. The normalized spacial score (nSPS) is 17.6. The molecule has 220 valence electrons. The Kier molecular flexibility index (Phi) is 7.87. The van der Waals surface area contributed by atoms with Gasteiger partial charge in [-0.15, -0.1) is 5.10 Å². The molecule has 5 aromatic rings. The fraction of sp³-hybridized carbons (Fsp3) is 0.371. The molecule has 43 heavy (non-hydrogen) atoms. The molecule has 0 radical (unpaired) electrons. The van der Waals surface area contributed by atoms with Crippen LogP contribution in [0.4, 0.5) is 0 Å². The zero-order valence-corrected chi connectivity index (χ0v) is 24.8. The third kappa shape index (κ3) is 5.53. The lowest BCUT2D eigenvalue weighted by Gasteiger charge is -2.42. The van der Waals surface area contributed by atoms with Gasteiger partial charge in [0.1, 0.15) is 6.04 Å². The molecule has 1 saturated heterocycles. The number of aromatic nitrogens is 5. The summed E-state index contributed by atoms with van der Waals surface area (Å²) < 4.78 is 2.02. The van der Waals surface area contributed by atoms with Crippen molar-refractivity contribution in [1.29, 1.82) is 0 Å². The smallest absolute Gasteiger partial charge is 0.253 e. The molecule has 2 aromatic heterocycles. The third-order valence-corrected chi connectivity index (χ3v) is 9.38. The number of H-pyrrole nitrogens is 1. The molecular weight excluding hydrogens is 534 g/mol. The highest BCUT2D eigenvalue weighted by Crippen LogP contribution is 2.36. The molecule has 8 heteroatoms. The lowest BCUT2D eigenvalue weighted by Crippen LogP contribution is -2.50. The van der Waals surface area contributed by atoms with Crippen molar-refractivity contribution >= 4 is 10.9 Å². The number of benzene rings is 3. The van der Waals surface area contributed by atoms with E-state index in [1.165, 1.54) is 29.5 Å². The van der Waals surface area contributed by atoms with Gasteiger partial charge in [-0.1, -0.05) is 86.5 Å². The number of nitrogens with zero attached hydrogens (tertiary/aromatic N) is 6. The van der Waals surface area contributed by atoms with E-state index in [4.69, 9.17) is 0 Å². The Balaban J connectivity index is 1.25. The summed E-state index contributed by atoms with van der Waals surface area (Å²) in [6.07, 6.45) is 5.46. The molecule has 0 spiro atoms. The van der Waals surface area contributed by atoms with Crippen LogP contribution in [0.5, 0.6) is 0 Å². The van der Waals surface area contributed by atoms with Gasteiger partial charge < -0.3 is 4.98 Å². The minimum absolute atomic E-state index is 0.0726. The molecule has 1 aliphatic carbocycles. The first-order valence-corrected chi connectivity index (χ1v) is 15.7. The number of piperazine rings is 1. The lowest BCUT2D eigenvalue weighted by atomic mass is 9.96. The Morgan fingerprint density at radius 1 is 0.814 bits per heavy atom. The predicted molar refractivity (Wildman–Crippen MR) is 169 cm³/mol. The zero-order valence-electron chi connectivity index (χ0n) is 24.8. The van der Waals surface area contributed by atoms with E-state index in [2.05, 4.69) is 116 Å². The van der Waals surface area contributed by atoms with Crippen LogP contribution in [-0.2, 0) is 6.42 Å². The highest BCUT2D eigenvalue weighted by molar-refractivity contribution is 5.80. The van der Waals surface area contributed by atoms with Gasteiger partial charge in [-0.3, -0.25) is 14.6 Å². The van der Waals surface area contributed by atoms with Crippen molar-refractivity contribution < 1.29 is 0 Å². The van der Waals surface area contributed by atoms with E-state index in [1.807, 2.05) is 10.7 Å². The maximum atomic E-state index is 13.8. The SMILES string of the molecule is CCc1ccc2[nH]c(=O)c([C@H](c3nnnn3C3CCCC3)N3CCN(C(c4ccccc4)c4ccccc4)CC3)cc2c1. The van der Waals surface area contributed by atoms with Gasteiger partial charge in [0.05, 0.1) is 12.1 Å². The summed E-state index contributed by atoms with van der Waals surface area (Å²) in [7, 11) is 0. The van der Waals surface area contributed by atoms with Crippen LogP contribution in [0.2, 0.25) is 0 Å². The van der Waals surface area contributed by atoms with Gasteiger partial charge in [0, 0.05) is 37.3 Å². The molecular formula is C35H39N7O. The minimum atomic E-state index is -0.330. The van der Waals surface area contributed by atoms with E-state index in [0.717, 1.165) is 62.2 Å². The summed E-state index contributed by atoms with van der Waals surface area (Å²) in [5, 5.41) is 14.3. The predicted octanol–water partition coefficient (Wildman–Crippen LogP) is 5.69. The molecule has 1 aliphatic heterocycles. The number of hydrogen-bond donors (Lipinski definition) is 1. The molecule has 7 rings (SSSR count). The van der Waals surface area contributed by atoms with Gasteiger partial charge in [-0.25, -0.2) is 4.68 Å². The Morgan fingerprint density at radius 2 is 1.44 bits per heavy atom. The Morgan fingerprint density at radius 3 is 2.07 bits per heavy atom. The van der Waals surface area contributed by atoms with E-state index >= 15 is 0 Å². The van der Waals surface area contributed by atoms with Crippen molar-refractivity contribution in [1.82, 2.24) is 35.0 Å². The van der Waals surface area contributed by atoms with E-state index in [-0.39, 0.29) is 23.7 Å².